The van der Waals surface area contributed by atoms with E-state index in [-0.39, 0.29) is 23.5 Å². The highest BCUT2D eigenvalue weighted by Crippen LogP contribution is 2.31. The minimum Gasteiger partial charge on any atom is -0.490 e. The quantitative estimate of drug-likeness (QED) is 0.690. The summed E-state index contributed by atoms with van der Waals surface area (Å²) in [5, 5.41) is 0. The molecule has 0 aromatic heterocycles. The van der Waals surface area contributed by atoms with E-state index in [1.165, 1.54) is 24.3 Å². The Morgan fingerprint density at radius 3 is 2.13 bits per heavy atom. The van der Waals surface area contributed by atoms with Crippen molar-refractivity contribution >= 4 is 0 Å². The Morgan fingerprint density at radius 2 is 1.57 bits per heavy atom. The van der Waals surface area contributed by atoms with Crippen LogP contribution in [0.2, 0.25) is 0 Å². The molecule has 0 atom stereocenters. The van der Waals surface area contributed by atoms with Gasteiger partial charge in [-0.3, -0.25) is 0 Å². The maximum Gasteiger partial charge on any atom is 0.573 e. The van der Waals surface area contributed by atoms with Gasteiger partial charge in [0.2, 0.25) is 5.82 Å². The van der Waals surface area contributed by atoms with Gasteiger partial charge in [-0.15, -0.1) is 13.2 Å². The number of hydrogen-bond acceptors (Lipinski definition) is 2. The van der Waals surface area contributed by atoms with E-state index < -0.39 is 23.7 Å². The summed E-state index contributed by atoms with van der Waals surface area (Å²) in [6, 6.07) is 7.08. The second-order valence-corrected chi connectivity index (χ2v) is 4.66. The molecule has 0 spiro atoms. The summed E-state index contributed by atoms with van der Waals surface area (Å²) in [5.41, 5.74) is 0.142. The molecule has 2 rings (SSSR count). The van der Waals surface area contributed by atoms with Crippen molar-refractivity contribution in [1.82, 2.24) is 0 Å². The van der Waals surface area contributed by atoms with Crippen molar-refractivity contribution in [1.29, 1.82) is 0 Å². The minimum absolute atomic E-state index is 0.0788. The first kappa shape index (κ1) is 17.1. The van der Waals surface area contributed by atoms with Crippen LogP contribution in [0.3, 0.4) is 0 Å². The van der Waals surface area contributed by atoms with Crippen LogP contribution in [0.5, 0.6) is 11.5 Å². The fourth-order valence-electron chi connectivity index (χ4n) is 1.91. The van der Waals surface area contributed by atoms with Crippen LogP contribution >= 0.6 is 0 Å². The highest BCUT2D eigenvalue weighted by Gasteiger charge is 2.31. The molecule has 0 saturated heterocycles. The van der Waals surface area contributed by atoms with Gasteiger partial charge in [-0.25, -0.2) is 4.39 Å². The zero-order valence-corrected chi connectivity index (χ0v) is 12.1. The monoisotopic (exact) mass is 332 g/mol. The molecule has 0 aliphatic heterocycles. The predicted molar refractivity (Wildman–Crippen MR) is 74.3 cm³/mol. The Bertz CT molecular complexity index is 665. The van der Waals surface area contributed by atoms with Crippen molar-refractivity contribution in [3.05, 3.63) is 48.0 Å². The van der Waals surface area contributed by atoms with Crippen molar-refractivity contribution < 1.29 is 31.4 Å². The Balaban J connectivity index is 2.26. The standard InChI is InChI=1S/C16H13F5O2/c1-2-9-22-13-8-7-12(14(17)15(13)18)10-3-5-11(6-4-10)23-16(19,20)21/h3-8H,2,9H2,1H3. The van der Waals surface area contributed by atoms with E-state index in [1.807, 2.05) is 6.92 Å². The third-order valence-corrected chi connectivity index (χ3v) is 2.91. The summed E-state index contributed by atoms with van der Waals surface area (Å²) in [5.74, 6) is -2.90. The molecule has 0 amide bonds. The lowest BCUT2D eigenvalue weighted by molar-refractivity contribution is -0.274. The van der Waals surface area contributed by atoms with Gasteiger partial charge in [-0.1, -0.05) is 19.1 Å². The largest absolute Gasteiger partial charge is 0.573 e. The first-order valence-electron chi connectivity index (χ1n) is 6.79. The van der Waals surface area contributed by atoms with E-state index in [2.05, 4.69) is 4.74 Å². The van der Waals surface area contributed by atoms with Crippen LogP contribution in [0, 0.1) is 11.6 Å². The molecule has 0 fully saturated rings. The fourth-order valence-corrected chi connectivity index (χ4v) is 1.91. The summed E-state index contributed by atoms with van der Waals surface area (Å²) in [6.45, 7) is 2.08. The zero-order chi connectivity index (χ0) is 17.0. The van der Waals surface area contributed by atoms with Crippen LogP contribution in [0.25, 0.3) is 11.1 Å². The number of hydrogen-bond donors (Lipinski definition) is 0. The Morgan fingerprint density at radius 1 is 0.913 bits per heavy atom. The highest BCUT2D eigenvalue weighted by molar-refractivity contribution is 5.66. The second kappa shape index (κ2) is 6.85. The molecule has 2 aromatic carbocycles. The maximum atomic E-state index is 14.1. The van der Waals surface area contributed by atoms with Gasteiger partial charge >= 0.3 is 6.36 Å². The topological polar surface area (TPSA) is 18.5 Å². The van der Waals surface area contributed by atoms with Gasteiger partial charge in [-0.05, 0) is 36.2 Å². The van der Waals surface area contributed by atoms with Gasteiger partial charge in [-0.2, -0.15) is 4.39 Å². The van der Waals surface area contributed by atoms with E-state index in [4.69, 9.17) is 4.74 Å². The third-order valence-electron chi connectivity index (χ3n) is 2.91. The smallest absolute Gasteiger partial charge is 0.490 e. The van der Waals surface area contributed by atoms with E-state index >= 15 is 0 Å². The summed E-state index contributed by atoms with van der Waals surface area (Å²) in [4.78, 5) is 0. The van der Waals surface area contributed by atoms with E-state index in [9.17, 15) is 22.0 Å². The van der Waals surface area contributed by atoms with Crippen molar-refractivity contribution in [3.63, 3.8) is 0 Å². The van der Waals surface area contributed by atoms with Gasteiger partial charge in [0, 0.05) is 5.56 Å². The molecule has 0 aliphatic rings. The van der Waals surface area contributed by atoms with E-state index in [1.54, 1.807) is 0 Å². The summed E-state index contributed by atoms with van der Waals surface area (Å²) in [7, 11) is 0. The molecule has 0 heterocycles. The Hall–Kier alpha value is -2.31. The lowest BCUT2D eigenvalue weighted by atomic mass is 10.0. The number of benzene rings is 2. The lowest BCUT2D eigenvalue weighted by Gasteiger charge is -2.11. The molecule has 2 aromatic rings. The van der Waals surface area contributed by atoms with Gasteiger partial charge < -0.3 is 9.47 Å². The summed E-state index contributed by atoms with van der Waals surface area (Å²) >= 11 is 0. The maximum absolute atomic E-state index is 14.1. The zero-order valence-electron chi connectivity index (χ0n) is 12.1. The Labute approximate surface area is 129 Å². The van der Waals surface area contributed by atoms with Gasteiger partial charge in [0.05, 0.1) is 6.61 Å². The fraction of sp³-hybridized carbons (Fsp3) is 0.250. The molecular formula is C16H13F5O2. The molecular weight excluding hydrogens is 319 g/mol. The van der Waals surface area contributed by atoms with Gasteiger partial charge in [0.25, 0.3) is 0 Å². The summed E-state index contributed by atoms with van der Waals surface area (Å²) < 4.78 is 73.0. The van der Waals surface area contributed by atoms with Crippen molar-refractivity contribution in [2.75, 3.05) is 6.61 Å². The average Bonchev–Trinajstić information content (AvgIpc) is 2.48. The van der Waals surface area contributed by atoms with Gasteiger partial charge in [0.15, 0.2) is 11.6 Å². The molecule has 23 heavy (non-hydrogen) atoms. The second-order valence-electron chi connectivity index (χ2n) is 4.66. The van der Waals surface area contributed by atoms with Crippen LogP contribution < -0.4 is 9.47 Å². The molecule has 7 heteroatoms. The molecule has 0 bridgehead atoms. The molecule has 0 unspecified atom stereocenters. The molecule has 0 saturated carbocycles. The SMILES string of the molecule is CCCOc1ccc(-c2ccc(OC(F)(F)F)cc2)c(F)c1F. The van der Waals surface area contributed by atoms with E-state index in [0.29, 0.717) is 6.42 Å². The molecule has 2 nitrogen and oxygen atoms in total. The number of alkyl halides is 3. The van der Waals surface area contributed by atoms with Crippen LogP contribution in [-0.2, 0) is 0 Å². The highest BCUT2D eigenvalue weighted by atomic mass is 19.4. The predicted octanol–water partition coefficient (Wildman–Crippen LogP) is 5.32. The molecule has 0 aliphatic carbocycles. The summed E-state index contributed by atoms with van der Waals surface area (Å²) in [6.07, 6.45) is -4.17. The first-order valence-corrected chi connectivity index (χ1v) is 6.79. The number of halogens is 5. The van der Waals surface area contributed by atoms with Crippen molar-refractivity contribution in [3.8, 4) is 22.6 Å². The average molecular weight is 332 g/mol. The third kappa shape index (κ3) is 4.34. The lowest BCUT2D eigenvalue weighted by Crippen LogP contribution is -2.16. The first-order chi connectivity index (χ1) is 10.8. The minimum atomic E-state index is -4.81. The van der Waals surface area contributed by atoms with Crippen LogP contribution in [0.15, 0.2) is 36.4 Å². The van der Waals surface area contributed by atoms with Crippen molar-refractivity contribution in [2.45, 2.75) is 19.7 Å². The van der Waals surface area contributed by atoms with E-state index in [0.717, 1.165) is 12.1 Å². The normalized spacial score (nSPS) is 11.4. The molecule has 0 N–H and O–H groups in total. The van der Waals surface area contributed by atoms with Gasteiger partial charge in [0.1, 0.15) is 5.75 Å². The van der Waals surface area contributed by atoms with Crippen LogP contribution in [0.1, 0.15) is 13.3 Å². The Kier molecular flexibility index (Phi) is 5.08. The number of rotatable bonds is 5. The van der Waals surface area contributed by atoms with Crippen molar-refractivity contribution in [2.24, 2.45) is 0 Å². The number of ether oxygens (including phenoxy) is 2. The molecule has 124 valence electrons. The van der Waals surface area contributed by atoms with Crippen LogP contribution in [-0.4, -0.2) is 13.0 Å². The van der Waals surface area contributed by atoms with Crippen LogP contribution in [0.4, 0.5) is 22.0 Å². The molecule has 0 radical (unpaired) electrons.